The smallest absolute Gasteiger partial charge is 0.220 e. The molecule has 2 fully saturated rings. The molecule has 0 aromatic heterocycles. The summed E-state index contributed by atoms with van der Waals surface area (Å²) in [6, 6.07) is 0.491. The fourth-order valence-electron chi connectivity index (χ4n) is 3.78. The van der Waals surface area contributed by atoms with Crippen LogP contribution in [0.1, 0.15) is 77.6 Å². The molecular formula is C16H29NO. The van der Waals surface area contributed by atoms with Gasteiger partial charge in [0, 0.05) is 12.5 Å². The van der Waals surface area contributed by atoms with Crippen molar-refractivity contribution < 1.29 is 4.79 Å². The average Bonchev–Trinajstić information content (AvgIpc) is 2.98. The van der Waals surface area contributed by atoms with Crippen LogP contribution in [0.2, 0.25) is 0 Å². The van der Waals surface area contributed by atoms with Crippen LogP contribution in [0, 0.1) is 11.8 Å². The molecule has 2 heteroatoms. The lowest BCUT2D eigenvalue weighted by Gasteiger charge is -2.21. The highest BCUT2D eigenvalue weighted by atomic mass is 16.1. The highest BCUT2D eigenvalue weighted by Crippen LogP contribution is 2.31. The van der Waals surface area contributed by atoms with E-state index in [0.29, 0.717) is 17.9 Å². The van der Waals surface area contributed by atoms with Crippen LogP contribution in [0.25, 0.3) is 0 Å². The van der Waals surface area contributed by atoms with Crippen molar-refractivity contribution >= 4 is 5.91 Å². The summed E-state index contributed by atoms with van der Waals surface area (Å²) in [7, 11) is 0. The summed E-state index contributed by atoms with van der Waals surface area (Å²) < 4.78 is 0. The lowest BCUT2D eigenvalue weighted by molar-refractivity contribution is -0.122. The van der Waals surface area contributed by atoms with E-state index >= 15 is 0 Å². The van der Waals surface area contributed by atoms with Gasteiger partial charge in [0.2, 0.25) is 5.91 Å². The van der Waals surface area contributed by atoms with Gasteiger partial charge in [0.25, 0.3) is 0 Å². The van der Waals surface area contributed by atoms with Crippen LogP contribution in [-0.2, 0) is 4.79 Å². The second-order valence-corrected chi connectivity index (χ2v) is 6.36. The van der Waals surface area contributed by atoms with E-state index in [1.165, 1.54) is 64.2 Å². The zero-order chi connectivity index (χ0) is 12.8. The summed E-state index contributed by atoms with van der Waals surface area (Å²) in [5.41, 5.74) is 0. The van der Waals surface area contributed by atoms with Crippen molar-refractivity contribution in [1.29, 1.82) is 0 Å². The molecule has 0 heterocycles. The molecule has 104 valence electrons. The number of nitrogens with one attached hydrogen (secondary N) is 1. The first-order valence-corrected chi connectivity index (χ1v) is 8.09. The highest BCUT2D eigenvalue weighted by Gasteiger charge is 2.28. The third-order valence-corrected chi connectivity index (χ3v) is 4.88. The first kappa shape index (κ1) is 13.9. The number of hydrogen-bond acceptors (Lipinski definition) is 1. The van der Waals surface area contributed by atoms with Crippen molar-refractivity contribution in [3.8, 4) is 0 Å². The quantitative estimate of drug-likeness (QED) is 0.758. The van der Waals surface area contributed by atoms with E-state index in [2.05, 4.69) is 12.2 Å². The van der Waals surface area contributed by atoms with Crippen LogP contribution in [0.5, 0.6) is 0 Å². The maximum absolute atomic E-state index is 12.1. The first-order chi connectivity index (χ1) is 8.79. The van der Waals surface area contributed by atoms with Crippen LogP contribution in [0.3, 0.4) is 0 Å². The normalized spacial score (nSPS) is 28.7. The second-order valence-electron chi connectivity index (χ2n) is 6.36. The lowest BCUT2D eigenvalue weighted by Crippen LogP contribution is -2.38. The fourth-order valence-corrected chi connectivity index (χ4v) is 3.78. The Hall–Kier alpha value is -0.530. The van der Waals surface area contributed by atoms with Crippen molar-refractivity contribution in [2.75, 3.05) is 0 Å². The third-order valence-electron chi connectivity index (χ3n) is 4.88. The molecule has 0 aromatic carbocycles. The van der Waals surface area contributed by atoms with Crippen molar-refractivity contribution in [3.05, 3.63) is 0 Å². The summed E-state index contributed by atoms with van der Waals surface area (Å²) in [5, 5.41) is 3.33. The molecule has 2 atom stereocenters. The molecular weight excluding hydrogens is 222 g/mol. The number of carbonyl (C=O) groups excluding carboxylic acids is 1. The number of unbranched alkanes of at least 4 members (excludes halogenated alkanes) is 1. The van der Waals surface area contributed by atoms with Gasteiger partial charge in [-0.2, -0.15) is 0 Å². The summed E-state index contributed by atoms with van der Waals surface area (Å²) in [6.07, 6.45) is 13.8. The Bertz CT molecular complexity index is 258. The molecule has 0 saturated heterocycles. The van der Waals surface area contributed by atoms with Gasteiger partial charge in [-0.25, -0.2) is 0 Å². The Morgan fingerprint density at radius 2 is 1.89 bits per heavy atom. The van der Waals surface area contributed by atoms with E-state index in [4.69, 9.17) is 0 Å². The van der Waals surface area contributed by atoms with Crippen molar-refractivity contribution in [2.24, 2.45) is 11.8 Å². The van der Waals surface area contributed by atoms with Gasteiger partial charge in [-0.1, -0.05) is 39.0 Å². The molecule has 1 amide bonds. The van der Waals surface area contributed by atoms with Crippen molar-refractivity contribution in [1.82, 2.24) is 5.32 Å². The number of rotatable bonds is 6. The lowest BCUT2D eigenvalue weighted by atomic mass is 9.96. The molecule has 2 aliphatic rings. The topological polar surface area (TPSA) is 29.1 Å². The van der Waals surface area contributed by atoms with E-state index in [1.807, 2.05) is 0 Å². The van der Waals surface area contributed by atoms with Gasteiger partial charge in [0.15, 0.2) is 0 Å². The van der Waals surface area contributed by atoms with Gasteiger partial charge in [-0.3, -0.25) is 4.79 Å². The number of hydrogen-bond donors (Lipinski definition) is 1. The fraction of sp³-hybridized carbons (Fsp3) is 0.938. The maximum atomic E-state index is 12.1. The molecule has 0 spiro atoms. The summed E-state index contributed by atoms with van der Waals surface area (Å²) >= 11 is 0. The first-order valence-electron chi connectivity index (χ1n) is 8.09. The molecule has 0 aliphatic heterocycles. The Morgan fingerprint density at radius 3 is 2.61 bits per heavy atom. The monoisotopic (exact) mass is 251 g/mol. The van der Waals surface area contributed by atoms with E-state index in [-0.39, 0.29) is 0 Å². The summed E-state index contributed by atoms with van der Waals surface area (Å²) in [6.45, 7) is 2.25. The minimum absolute atomic E-state index is 0.329. The highest BCUT2D eigenvalue weighted by molar-refractivity contribution is 5.76. The number of amides is 1. The van der Waals surface area contributed by atoms with E-state index in [0.717, 1.165) is 12.3 Å². The van der Waals surface area contributed by atoms with Crippen LogP contribution in [0.15, 0.2) is 0 Å². The van der Waals surface area contributed by atoms with Gasteiger partial charge in [0.05, 0.1) is 0 Å². The van der Waals surface area contributed by atoms with E-state index in [9.17, 15) is 4.79 Å². The van der Waals surface area contributed by atoms with Crippen LogP contribution >= 0.6 is 0 Å². The Balaban J connectivity index is 1.71. The minimum Gasteiger partial charge on any atom is -0.353 e. The van der Waals surface area contributed by atoms with Crippen LogP contribution in [-0.4, -0.2) is 11.9 Å². The Morgan fingerprint density at radius 1 is 1.11 bits per heavy atom. The molecule has 0 radical (unpaired) electrons. The van der Waals surface area contributed by atoms with Gasteiger partial charge in [-0.15, -0.1) is 0 Å². The molecule has 0 aromatic rings. The second kappa shape index (κ2) is 7.16. The number of carbonyl (C=O) groups is 1. The molecule has 2 rings (SSSR count). The predicted octanol–water partition coefficient (Wildman–Crippen LogP) is 4.04. The van der Waals surface area contributed by atoms with Gasteiger partial charge in [0.1, 0.15) is 0 Å². The van der Waals surface area contributed by atoms with E-state index in [1.54, 1.807) is 0 Å². The summed E-state index contributed by atoms with van der Waals surface area (Å²) in [5.74, 6) is 1.77. The molecule has 2 aliphatic carbocycles. The summed E-state index contributed by atoms with van der Waals surface area (Å²) in [4.78, 5) is 12.1. The molecule has 18 heavy (non-hydrogen) atoms. The zero-order valence-corrected chi connectivity index (χ0v) is 11.9. The van der Waals surface area contributed by atoms with Gasteiger partial charge in [-0.05, 0) is 43.9 Å². The molecule has 2 unspecified atom stereocenters. The molecule has 2 saturated carbocycles. The molecule has 2 nitrogen and oxygen atoms in total. The standard InChI is InChI=1S/C16H29NO/c1-2-3-9-14-10-6-11-15(14)17-16(18)12-13-7-4-5-8-13/h13-15H,2-12H2,1H3,(H,17,18). The van der Waals surface area contributed by atoms with Gasteiger partial charge < -0.3 is 5.32 Å². The molecule has 0 bridgehead atoms. The predicted molar refractivity (Wildman–Crippen MR) is 75.4 cm³/mol. The van der Waals surface area contributed by atoms with Crippen molar-refractivity contribution in [3.63, 3.8) is 0 Å². The zero-order valence-electron chi connectivity index (χ0n) is 11.9. The minimum atomic E-state index is 0.329. The maximum Gasteiger partial charge on any atom is 0.220 e. The third kappa shape index (κ3) is 4.00. The Kier molecular flexibility index (Phi) is 5.52. The van der Waals surface area contributed by atoms with E-state index < -0.39 is 0 Å². The van der Waals surface area contributed by atoms with Crippen LogP contribution < -0.4 is 5.32 Å². The SMILES string of the molecule is CCCCC1CCCC1NC(=O)CC1CCCC1. The largest absolute Gasteiger partial charge is 0.353 e. The van der Waals surface area contributed by atoms with Gasteiger partial charge >= 0.3 is 0 Å². The average molecular weight is 251 g/mol. The molecule has 1 N–H and O–H groups in total. The Labute approximate surface area is 112 Å². The van der Waals surface area contributed by atoms with Crippen LogP contribution in [0.4, 0.5) is 0 Å². The van der Waals surface area contributed by atoms with Crippen molar-refractivity contribution in [2.45, 2.75) is 83.6 Å².